The lowest BCUT2D eigenvalue weighted by molar-refractivity contribution is -0.137. The summed E-state index contributed by atoms with van der Waals surface area (Å²) in [5.74, 6) is 0.0339. The van der Waals surface area contributed by atoms with E-state index in [-0.39, 0.29) is 16.4 Å². The molecule has 0 fully saturated rings. The Hall–Kier alpha value is -2.36. The number of anilines is 1. The number of imidazole rings is 1. The Bertz CT molecular complexity index is 870. The van der Waals surface area contributed by atoms with E-state index in [0.717, 1.165) is 29.3 Å². The molecule has 124 valence electrons. The van der Waals surface area contributed by atoms with Crippen molar-refractivity contribution in [2.75, 3.05) is 12.0 Å². The first-order valence-electron chi connectivity index (χ1n) is 6.25. The molecule has 0 amide bonds. The van der Waals surface area contributed by atoms with Crippen LogP contribution in [0.1, 0.15) is 16.8 Å². The molecule has 0 bridgehead atoms. The number of nitrogens with zero attached hydrogens (tertiary/aromatic N) is 3. The molecule has 0 aliphatic rings. The van der Waals surface area contributed by atoms with Crippen molar-refractivity contribution in [3.63, 3.8) is 0 Å². The highest BCUT2D eigenvalue weighted by Crippen LogP contribution is 2.31. The molecule has 23 heavy (non-hydrogen) atoms. The second-order valence-electron chi connectivity index (χ2n) is 4.85. The molecular weight excluding hydrogens is 333 g/mol. The third-order valence-electron chi connectivity index (χ3n) is 2.89. The molecule has 0 radical (unpaired) electrons. The number of rotatable bonds is 3. The molecule has 2 N–H and O–H groups in total. The van der Waals surface area contributed by atoms with E-state index >= 15 is 0 Å². The van der Waals surface area contributed by atoms with Gasteiger partial charge in [0.05, 0.1) is 28.6 Å². The van der Waals surface area contributed by atoms with Crippen molar-refractivity contribution in [1.82, 2.24) is 9.66 Å². The average Bonchev–Trinajstić information content (AvgIpc) is 2.72. The molecule has 2 aromatic rings. The average molecular weight is 346 g/mol. The summed E-state index contributed by atoms with van der Waals surface area (Å²) < 4.78 is 63.0. The fourth-order valence-corrected chi connectivity index (χ4v) is 2.74. The monoisotopic (exact) mass is 346 g/mol. The molecule has 1 heterocycles. The summed E-state index contributed by atoms with van der Waals surface area (Å²) >= 11 is 0. The number of hydrogen-bond acceptors (Lipinski definition) is 5. The summed E-state index contributed by atoms with van der Waals surface area (Å²) in [5, 5.41) is 3.87. The lowest BCUT2D eigenvalue weighted by Crippen LogP contribution is -2.09. The summed E-state index contributed by atoms with van der Waals surface area (Å²) in [7, 11) is -3.72. The van der Waals surface area contributed by atoms with Crippen LogP contribution in [0.2, 0.25) is 0 Å². The van der Waals surface area contributed by atoms with Crippen molar-refractivity contribution in [3.8, 4) is 0 Å². The van der Waals surface area contributed by atoms with Crippen LogP contribution in [0.25, 0.3) is 0 Å². The highest BCUT2D eigenvalue weighted by Gasteiger charge is 2.31. The highest BCUT2D eigenvalue weighted by molar-refractivity contribution is 7.90. The summed E-state index contributed by atoms with van der Waals surface area (Å²) in [6, 6.07) is 2.34. The van der Waals surface area contributed by atoms with E-state index in [4.69, 9.17) is 5.73 Å². The van der Waals surface area contributed by atoms with Gasteiger partial charge in [-0.3, -0.25) is 0 Å². The number of nitrogens with two attached hydrogens (primary N) is 1. The van der Waals surface area contributed by atoms with Gasteiger partial charge in [-0.05, 0) is 25.1 Å². The SMILES string of the molecule is Cc1cn(N=Cc2cc(C(F)(F)F)ccc2S(C)(=O)=O)c(N)n1. The number of halogens is 3. The van der Waals surface area contributed by atoms with Crippen molar-refractivity contribution in [3.05, 3.63) is 41.2 Å². The zero-order valence-corrected chi connectivity index (χ0v) is 13.0. The van der Waals surface area contributed by atoms with Crippen LogP contribution in [0.5, 0.6) is 0 Å². The first kappa shape index (κ1) is 17.0. The fraction of sp³-hybridized carbons (Fsp3) is 0.231. The fourth-order valence-electron chi connectivity index (χ4n) is 1.88. The maximum absolute atomic E-state index is 12.8. The van der Waals surface area contributed by atoms with E-state index < -0.39 is 21.6 Å². The summed E-state index contributed by atoms with van der Waals surface area (Å²) in [6.45, 7) is 1.66. The lowest BCUT2D eigenvalue weighted by atomic mass is 10.1. The van der Waals surface area contributed by atoms with Gasteiger partial charge >= 0.3 is 6.18 Å². The quantitative estimate of drug-likeness (QED) is 0.862. The molecular formula is C13H13F3N4O2S. The molecule has 10 heteroatoms. The largest absolute Gasteiger partial charge is 0.416 e. The number of aryl methyl sites for hydroxylation is 1. The minimum atomic E-state index is -4.59. The first-order valence-corrected chi connectivity index (χ1v) is 8.15. The van der Waals surface area contributed by atoms with Gasteiger partial charge in [-0.1, -0.05) is 0 Å². The number of aromatic nitrogens is 2. The standard InChI is InChI=1S/C13H13F3N4O2S/c1-8-7-20(12(17)19-8)18-6-9-5-10(13(14,15)16)3-4-11(9)23(2,21)22/h3-7H,1-2H3,(H2,17,19). The van der Waals surface area contributed by atoms with Crippen LogP contribution in [0, 0.1) is 6.92 Å². The van der Waals surface area contributed by atoms with Gasteiger partial charge in [-0.2, -0.15) is 18.3 Å². The molecule has 1 aromatic heterocycles. The summed E-state index contributed by atoms with van der Waals surface area (Å²) in [5.41, 5.74) is 4.97. The Morgan fingerprint density at radius 2 is 2.00 bits per heavy atom. The van der Waals surface area contributed by atoms with Crippen LogP contribution in [-0.4, -0.2) is 30.5 Å². The van der Waals surface area contributed by atoms with Crippen LogP contribution < -0.4 is 5.73 Å². The van der Waals surface area contributed by atoms with Gasteiger partial charge in [0.2, 0.25) is 5.95 Å². The number of alkyl halides is 3. The molecule has 0 spiro atoms. The maximum Gasteiger partial charge on any atom is 0.416 e. The zero-order chi connectivity index (χ0) is 17.4. The minimum Gasteiger partial charge on any atom is -0.368 e. The molecule has 2 rings (SSSR count). The molecule has 0 saturated carbocycles. The lowest BCUT2D eigenvalue weighted by Gasteiger charge is -2.10. The summed E-state index contributed by atoms with van der Waals surface area (Å²) in [6.07, 6.45) is -1.23. The normalized spacial score (nSPS) is 12.9. The van der Waals surface area contributed by atoms with Crippen LogP contribution in [-0.2, 0) is 16.0 Å². The third kappa shape index (κ3) is 3.89. The van der Waals surface area contributed by atoms with E-state index in [2.05, 4.69) is 10.1 Å². The summed E-state index contributed by atoms with van der Waals surface area (Å²) in [4.78, 5) is 3.62. The first-order chi connectivity index (χ1) is 10.5. The minimum absolute atomic E-state index is 0.0339. The Morgan fingerprint density at radius 1 is 1.35 bits per heavy atom. The molecule has 0 saturated heterocycles. The maximum atomic E-state index is 12.8. The van der Waals surface area contributed by atoms with Gasteiger partial charge < -0.3 is 5.73 Å². The van der Waals surface area contributed by atoms with Crippen LogP contribution in [0.15, 0.2) is 34.4 Å². The zero-order valence-electron chi connectivity index (χ0n) is 12.2. The van der Waals surface area contributed by atoms with Crippen molar-refractivity contribution in [2.24, 2.45) is 5.10 Å². The van der Waals surface area contributed by atoms with Gasteiger partial charge in [-0.25, -0.2) is 18.1 Å². The molecule has 1 aromatic carbocycles. The Balaban J connectivity index is 2.56. The molecule has 0 aliphatic carbocycles. The molecule has 0 unspecified atom stereocenters. The molecule has 6 nitrogen and oxygen atoms in total. The van der Waals surface area contributed by atoms with E-state index in [9.17, 15) is 21.6 Å². The number of sulfone groups is 1. The van der Waals surface area contributed by atoms with E-state index in [1.807, 2.05) is 0 Å². The Labute approximate surface area is 130 Å². The number of nitrogen functional groups attached to an aromatic ring is 1. The molecule has 0 aliphatic heterocycles. The Kier molecular flexibility index (Phi) is 4.20. The predicted octanol–water partition coefficient (Wildman–Crippen LogP) is 2.08. The van der Waals surface area contributed by atoms with Gasteiger partial charge in [0.25, 0.3) is 0 Å². The van der Waals surface area contributed by atoms with Crippen LogP contribution in [0.4, 0.5) is 19.1 Å². The van der Waals surface area contributed by atoms with Crippen molar-refractivity contribution < 1.29 is 21.6 Å². The smallest absolute Gasteiger partial charge is 0.368 e. The third-order valence-corrected chi connectivity index (χ3v) is 4.06. The van der Waals surface area contributed by atoms with Crippen LogP contribution in [0.3, 0.4) is 0 Å². The Morgan fingerprint density at radius 3 is 2.48 bits per heavy atom. The second kappa shape index (κ2) is 5.69. The van der Waals surface area contributed by atoms with Crippen LogP contribution >= 0.6 is 0 Å². The highest BCUT2D eigenvalue weighted by atomic mass is 32.2. The topological polar surface area (TPSA) is 90.3 Å². The predicted molar refractivity (Wildman–Crippen MR) is 78.9 cm³/mol. The van der Waals surface area contributed by atoms with Crippen molar-refractivity contribution in [1.29, 1.82) is 0 Å². The van der Waals surface area contributed by atoms with Crippen molar-refractivity contribution in [2.45, 2.75) is 18.0 Å². The second-order valence-corrected chi connectivity index (χ2v) is 6.84. The van der Waals surface area contributed by atoms with Gasteiger partial charge in [-0.15, -0.1) is 0 Å². The van der Waals surface area contributed by atoms with Gasteiger partial charge in [0, 0.05) is 11.8 Å². The number of benzene rings is 1. The van der Waals surface area contributed by atoms with Gasteiger partial charge in [0.1, 0.15) is 0 Å². The van der Waals surface area contributed by atoms with E-state index in [0.29, 0.717) is 11.8 Å². The van der Waals surface area contributed by atoms with Gasteiger partial charge in [0.15, 0.2) is 9.84 Å². The number of hydrogen-bond donors (Lipinski definition) is 1. The van der Waals surface area contributed by atoms with E-state index in [1.54, 1.807) is 6.92 Å². The molecule has 0 atom stereocenters. The van der Waals surface area contributed by atoms with E-state index in [1.165, 1.54) is 6.20 Å². The van der Waals surface area contributed by atoms with Crippen molar-refractivity contribution >= 4 is 22.0 Å².